The van der Waals surface area contributed by atoms with Crippen molar-refractivity contribution >= 4 is 0 Å². The summed E-state index contributed by atoms with van der Waals surface area (Å²) in [6.07, 6.45) is -0.0324. The van der Waals surface area contributed by atoms with Gasteiger partial charge in [0, 0.05) is 6.10 Å². The summed E-state index contributed by atoms with van der Waals surface area (Å²) in [4.78, 5) is 0. The molecular weight excluding hydrogens is 308 g/mol. The van der Waals surface area contributed by atoms with E-state index in [9.17, 15) is 0 Å². The number of aliphatic hydroxyl groups is 1. The molecule has 130 valence electrons. The van der Waals surface area contributed by atoms with Gasteiger partial charge in [0.1, 0.15) is 0 Å². The van der Waals surface area contributed by atoms with Gasteiger partial charge in [0.25, 0.3) is 0 Å². The summed E-state index contributed by atoms with van der Waals surface area (Å²) in [5.41, 5.74) is 0. The molecule has 0 rings (SSSR count). The molecule has 0 aromatic rings. The Morgan fingerprint density at radius 2 is 0.667 bits per heavy atom. The molecule has 0 aromatic carbocycles. The van der Waals surface area contributed by atoms with Gasteiger partial charge in [-0.2, -0.15) is 0 Å². The van der Waals surface area contributed by atoms with E-state index in [1.165, 1.54) is 0 Å². The first-order valence-electron chi connectivity index (χ1n) is 7.79. The van der Waals surface area contributed by atoms with Gasteiger partial charge in [-0.05, 0) is 13.8 Å². The van der Waals surface area contributed by atoms with Crippen LogP contribution in [0.25, 0.3) is 0 Å². The van der Waals surface area contributed by atoms with E-state index in [0.29, 0.717) is 0 Å². The molecule has 0 saturated heterocycles. The monoisotopic (exact) mass is 344 g/mol. The first-order chi connectivity index (χ1) is 9.40. The summed E-state index contributed by atoms with van der Waals surface area (Å²) in [7, 11) is 0. The van der Waals surface area contributed by atoms with Crippen LogP contribution in [-0.4, -0.2) is 35.6 Å². The SMILES string of the molecule is CC(C)O.CC(C)[O][Ti]([O]C(C)C)([O]C(C)C)[O]C(C)C. The van der Waals surface area contributed by atoms with Crippen molar-refractivity contribution in [2.24, 2.45) is 0 Å². The summed E-state index contributed by atoms with van der Waals surface area (Å²) in [6.45, 7) is 19.2. The van der Waals surface area contributed by atoms with Crippen LogP contribution in [0.4, 0.5) is 0 Å². The standard InChI is InChI=1S/C3H8O.4C3H7O.Ti/c5*1-3(2)4;/h3-4H,1-2H3;4*3H,1-2H3;/q;4*-1;+4. The predicted molar refractivity (Wildman–Crippen MR) is 82.2 cm³/mol. The fourth-order valence-electron chi connectivity index (χ4n) is 1.32. The fourth-order valence-corrected chi connectivity index (χ4v) is 5.45. The van der Waals surface area contributed by atoms with E-state index in [0.717, 1.165) is 0 Å². The van der Waals surface area contributed by atoms with Gasteiger partial charge in [0.15, 0.2) is 0 Å². The average Bonchev–Trinajstić information content (AvgIpc) is 2.08. The van der Waals surface area contributed by atoms with Crippen molar-refractivity contribution in [1.29, 1.82) is 0 Å². The normalized spacial score (nSPS) is 12.6. The number of rotatable bonds is 8. The molecule has 0 bridgehead atoms. The fraction of sp³-hybridized carbons (Fsp3) is 1.00. The van der Waals surface area contributed by atoms with Crippen molar-refractivity contribution in [2.75, 3.05) is 0 Å². The zero-order valence-electron chi connectivity index (χ0n) is 15.5. The van der Waals surface area contributed by atoms with Crippen LogP contribution >= 0.6 is 0 Å². The molecule has 0 aromatic heterocycles. The number of hydrogen-bond acceptors (Lipinski definition) is 5. The number of hydrogen-bond donors (Lipinski definition) is 1. The van der Waals surface area contributed by atoms with E-state index < -0.39 is 18.1 Å². The van der Waals surface area contributed by atoms with Crippen molar-refractivity contribution in [3.63, 3.8) is 0 Å². The Morgan fingerprint density at radius 3 is 0.762 bits per heavy atom. The molecule has 0 atom stereocenters. The molecule has 0 radical (unpaired) electrons. The third-order valence-corrected chi connectivity index (χ3v) is 6.27. The summed E-state index contributed by atoms with van der Waals surface area (Å²) in [6, 6.07) is 0. The number of aliphatic hydroxyl groups excluding tert-OH is 1. The van der Waals surface area contributed by atoms with E-state index in [4.69, 9.17) is 18.4 Å². The Labute approximate surface area is 136 Å². The Hall–Kier alpha value is 0.514. The van der Waals surface area contributed by atoms with Crippen LogP contribution in [0.2, 0.25) is 0 Å². The van der Waals surface area contributed by atoms with Crippen molar-refractivity contribution in [2.45, 2.75) is 99.8 Å². The molecular formula is C15H36O5Ti. The molecule has 0 spiro atoms. The Kier molecular flexibility index (Phi) is 13.6. The minimum absolute atomic E-state index is 0.0336. The van der Waals surface area contributed by atoms with Gasteiger partial charge in [-0.25, -0.2) is 0 Å². The van der Waals surface area contributed by atoms with Gasteiger partial charge in [0.2, 0.25) is 0 Å². The molecule has 21 heavy (non-hydrogen) atoms. The van der Waals surface area contributed by atoms with Crippen LogP contribution in [0, 0.1) is 0 Å². The molecule has 0 aliphatic carbocycles. The second kappa shape index (κ2) is 12.0. The van der Waals surface area contributed by atoms with Crippen LogP contribution in [0.1, 0.15) is 69.2 Å². The van der Waals surface area contributed by atoms with E-state index in [1.54, 1.807) is 13.8 Å². The molecule has 0 fully saturated rings. The van der Waals surface area contributed by atoms with Gasteiger partial charge in [-0.3, -0.25) is 0 Å². The third kappa shape index (κ3) is 16.7. The molecule has 1 N–H and O–H groups in total. The quantitative estimate of drug-likeness (QED) is 0.677. The summed E-state index contributed by atoms with van der Waals surface area (Å²) in [5, 5.41) is 8.06. The summed E-state index contributed by atoms with van der Waals surface area (Å²) in [5.74, 6) is 0. The molecule has 6 heteroatoms. The first kappa shape index (κ1) is 23.8. The molecule has 0 aliphatic rings. The van der Waals surface area contributed by atoms with Crippen LogP contribution in [0.15, 0.2) is 0 Å². The van der Waals surface area contributed by atoms with E-state index >= 15 is 0 Å². The Balaban J connectivity index is 0. The van der Waals surface area contributed by atoms with Crippen LogP contribution < -0.4 is 0 Å². The zero-order chi connectivity index (χ0) is 17.2. The zero-order valence-corrected chi connectivity index (χ0v) is 17.0. The van der Waals surface area contributed by atoms with Crippen molar-refractivity contribution in [1.82, 2.24) is 0 Å². The summed E-state index contributed by atoms with van der Waals surface area (Å²) < 4.78 is 23.6. The van der Waals surface area contributed by atoms with E-state index in [1.807, 2.05) is 55.4 Å². The van der Waals surface area contributed by atoms with Crippen molar-refractivity contribution in [3.05, 3.63) is 0 Å². The molecule has 0 aliphatic heterocycles. The topological polar surface area (TPSA) is 57.2 Å². The predicted octanol–water partition coefficient (Wildman–Crippen LogP) is 3.89. The summed E-state index contributed by atoms with van der Waals surface area (Å²) >= 11 is -3.62. The van der Waals surface area contributed by atoms with Gasteiger partial charge < -0.3 is 5.11 Å². The maximum atomic E-state index is 8.06. The average molecular weight is 344 g/mol. The second-order valence-corrected chi connectivity index (χ2v) is 9.29. The van der Waals surface area contributed by atoms with Gasteiger partial charge in [0.05, 0.1) is 0 Å². The molecule has 0 unspecified atom stereocenters. The van der Waals surface area contributed by atoms with Crippen LogP contribution in [0.3, 0.4) is 0 Å². The van der Waals surface area contributed by atoms with E-state index in [2.05, 4.69) is 0 Å². The molecule has 0 saturated carbocycles. The molecule has 0 heterocycles. The maximum absolute atomic E-state index is 8.06. The van der Waals surface area contributed by atoms with Crippen molar-refractivity contribution in [3.8, 4) is 0 Å². The molecule has 0 amide bonds. The second-order valence-electron chi connectivity index (χ2n) is 6.26. The first-order valence-corrected chi connectivity index (χ1v) is 10.3. The molecule has 5 nitrogen and oxygen atoms in total. The van der Waals surface area contributed by atoms with Gasteiger partial charge in [-0.15, -0.1) is 0 Å². The third-order valence-electron chi connectivity index (χ3n) is 1.52. The van der Waals surface area contributed by atoms with Crippen molar-refractivity contribution < 1.29 is 36.5 Å². The van der Waals surface area contributed by atoms with E-state index in [-0.39, 0.29) is 30.5 Å². The van der Waals surface area contributed by atoms with Gasteiger partial charge in [-0.1, -0.05) is 0 Å². The van der Waals surface area contributed by atoms with Crippen LogP contribution in [0.5, 0.6) is 0 Å². The Morgan fingerprint density at radius 1 is 0.524 bits per heavy atom. The Bertz CT molecular complexity index is 194. The van der Waals surface area contributed by atoms with Crippen LogP contribution in [-0.2, 0) is 31.4 Å². The van der Waals surface area contributed by atoms with Gasteiger partial charge >= 0.3 is 111 Å². The minimum atomic E-state index is -3.62.